The summed E-state index contributed by atoms with van der Waals surface area (Å²) in [7, 11) is -1.27. The smallest absolute Gasteiger partial charge is 0.286 e. The van der Waals surface area contributed by atoms with Gasteiger partial charge in [0.1, 0.15) is 9.98 Å². The number of rotatable bonds is 5. The molecule has 0 atom stereocenters. The Morgan fingerprint density at radius 2 is 1.25 bits per heavy atom. The van der Waals surface area contributed by atoms with E-state index in [-0.39, 0.29) is 4.99 Å². The highest BCUT2D eigenvalue weighted by Gasteiger charge is 2.20. The van der Waals surface area contributed by atoms with Gasteiger partial charge in [-0.05, 0) is 0 Å². The Balaban J connectivity index is 1.93. The van der Waals surface area contributed by atoms with Crippen molar-refractivity contribution in [3.05, 3.63) is 71.8 Å². The number of urea groups is 1. The van der Waals surface area contributed by atoms with Gasteiger partial charge in [-0.3, -0.25) is 10.0 Å². The maximum absolute atomic E-state index is 12.2. The minimum Gasteiger partial charge on any atom is -0.286 e. The lowest BCUT2D eigenvalue weighted by Gasteiger charge is -2.23. The number of thiocarbonyl (C=S) groups is 2. The van der Waals surface area contributed by atoms with Crippen molar-refractivity contribution in [3.8, 4) is 0 Å². The van der Waals surface area contributed by atoms with Crippen molar-refractivity contribution in [2.24, 2.45) is 0 Å². The Hall–Kier alpha value is -2.60. The van der Waals surface area contributed by atoms with Crippen LogP contribution < -0.4 is 15.0 Å². The monoisotopic (exact) mass is 437 g/mol. The van der Waals surface area contributed by atoms with Gasteiger partial charge in [0.05, 0.1) is 0 Å². The summed E-state index contributed by atoms with van der Waals surface area (Å²) in [5, 5.41) is 2.37. The van der Waals surface area contributed by atoms with Crippen LogP contribution in [-0.4, -0.2) is 48.5 Å². The first-order valence-electron chi connectivity index (χ1n) is 7.96. The van der Waals surface area contributed by atoms with Gasteiger partial charge in [0.2, 0.25) is 0 Å². The van der Waals surface area contributed by atoms with Gasteiger partial charge in [-0.2, -0.15) is 8.42 Å². The van der Waals surface area contributed by atoms with Gasteiger partial charge in [-0.1, -0.05) is 85.1 Å². The molecule has 3 N–H and O–H groups in total. The third-order valence-corrected chi connectivity index (χ3v) is 5.39. The highest BCUT2D eigenvalue weighted by molar-refractivity contribution is 7.88. The Morgan fingerprint density at radius 1 is 0.821 bits per heavy atom. The Kier molecular flexibility index (Phi) is 7.40. The molecule has 0 saturated heterocycles. The molecular weight excluding hydrogens is 418 g/mol. The fourth-order valence-electron chi connectivity index (χ4n) is 2.14. The first kappa shape index (κ1) is 21.7. The van der Waals surface area contributed by atoms with Crippen molar-refractivity contribution < 1.29 is 13.2 Å². The van der Waals surface area contributed by atoms with Crippen LogP contribution in [0.2, 0.25) is 0 Å². The first-order chi connectivity index (χ1) is 13.2. The number of nitrogens with zero attached hydrogens (tertiary/aromatic N) is 2. The molecule has 0 unspecified atom stereocenters. The van der Waals surface area contributed by atoms with Crippen molar-refractivity contribution in [1.29, 1.82) is 0 Å². The topological polar surface area (TPSA) is 93.8 Å². The molecule has 0 bridgehead atoms. The summed E-state index contributed by atoms with van der Waals surface area (Å²) in [4.78, 5) is 14.8. The molecular formula is C17H19N5O3S3. The lowest BCUT2D eigenvalue weighted by Crippen LogP contribution is -2.54. The van der Waals surface area contributed by atoms with E-state index in [0.29, 0.717) is 16.1 Å². The molecule has 0 fully saturated rings. The largest absolute Gasteiger partial charge is 0.348 e. The highest BCUT2D eigenvalue weighted by Crippen LogP contribution is 2.04. The Labute approximate surface area is 174 Å². The molecule has 0 spiro atoms. The molecule has 148 valence electrons. The zero-order valence-electron chi connectivity index (χ0n) is 15.1. The molecule has 2 aromatic carbocycles. The van der Waals surface area contributed by atoms with E-state index < -0.39 is 16.2 Å². The fraction of sp³-hybridized carbons (Fsp3) is 0.118. The molecule has 0 heterocycles. The molecule has 0 aliphatic rings. The van der Waals surface area contributed by atoms with E-state index >= 15 is 0 Å². The third kappa shape index (κ3) is 6.23. The highest BCUT2D eigenvalue weighted by atomic mass is 32.2. The summed E-state index contributed by atoms with van der Waals surface area (Å²) in [5.74, 6) is 0. The van der Waals surface area contributed by atoms with E-state index in [4.69, 9.17) is 24.4 Å². The van der Waals surface area contributed by atoms with Crippen molar-refractivity contribution in [2.75, 3.05) is 14.1 Å². The van der Waals surface area contributed by atoms with Gasteiger partial charge < -0.3 is 0 Å². The Morgan fingerprint density at radius 3 is 1.71 bits per heavy atom. The van der Waals surface area contributed by atoms with Crippen LogP contribution >= 0.6 is 24.4 Å². The predicted octanol–water partition coefficient (Wildman–Crippen LogP) is 1.57. The normalized spacial score (nSPS) is 10.6. The van der Waals surface area contributed by atoms with E-state index in [1.165, 1.54) is 19.1 Å². The number of amides is 2. The first-order valence-corrected chi connectivity index (χ1v) is 10.3. The number of carbonyl (C=O) groups excluding carboxylic acids is 1. The molecule has 2 amide bonds. The number of carbonyl (C=O) groups is 1. The minimum atomic E-state index is -4.21. The van der Waals surface area contributed by atoms with Crippen LogP contribution in [-0.2, 0) is 10.2 Å². The molecule has 2 aromatic rings. The number of nitrogens with one attached hydrogen (secondary N) is 3. The van der Waals surface area contributed by atoms with E-state index in [2.05, 4.69) is 10.3 Å². The number of hydrogen-bond acceptors (Lipinski definition) is 5. The van der Waals surface area contributed by atoms with Gasteiger partial charge in [0.25, 0.3) is 0 Å². The van der Waals surface area contributed by atoms with Crippen molar-refractivity contribution in [1.82, 2.24) is 25.0 Å². The number of hydrazine groups is 2. The van der Waals surface area contributed by atoms with Crippen molar-refractivity contribution >= 4 is 50.7 Å². The molecule has 2 rings (SSSR count). The maximum atomic E-state index is 12.2. The van der Waals surface area contributed by atoms with E-state index in [9.17, 15) is 13.2 Å². The van der Waals surface area contributed by atoms with Crippen LogP contribution in [0.5, 0.6) is 0 Å². The molecule has 8 nitrogen and oxygen atoms in total. The number of benzene rings is 2. The van der Waals surface area contributed by atoms with Crippen LogP contribution in [0.15, 0.2) is 60.7 Å². The lowest BCUT2D eigenvalue weighted by atomic mass is 10.2. The average molecular weight is 438 g/mol. The molecule has 28 heavy (non-hydrogen) atoms. The van der Waals surface area contributed by atoms with E-state index in [0.717, 1.165) is 5.01 Å². The van der Waals surface area contributed by atoms with Crippen LogP contribution in [0.3, 0.4) is 0 Å². The van der Waals surface area contributed by atoms with Crippen molar-refractivity contribution in [3.63, 3.8) is 0 Å². The second-order valence-corrected chi connectivity index (χ2v) is 7.77. The summed E-state index contributed by atoms with van der Waals surface area (Å²) >= 11 is 10.5. The SMILES string of the molecule is CN(NC(=O)NS(=O)(=O)NN(C)C(=S)c1ccccc1)C(=S)c1ccccc1. The summed E-state index contributed by atoms with van der Waals surface area (Å²) in [5.41, 5.74) is 3.70. The summed E-state index contributed by atoms with van der Waals surface area (Å²) in [6, 6.07) is 16.9. The summed E-state index contributed by atoms with van der Waals surface area (Å²) < 4.78 is 26.2. The Bertz CT molecular complexity index is 953. The predicted molar refractivity (Wildman–Crippen MR) is 116 cm³/mol. The molecule has 11 heteroatoms. The minimum absolute atomic E-state index is 0.244. The maximum Gasteiger partial charge on any atom is 0.348 e. The van der Waals surface area contributed by atoms with E-state index in [1.807, 2.05) is 16.9 Å². The quantitative estimate of drug-likeness (QED) is 0.483. The van der Waals surface area contributed by atoms with Crippen LogP contribution in [0.25, 0.3) is 0 Å². The van der Waals surface area contributed by atoms with Crippen LogP contribution in [0.4, 0.5) is 4.79 Å². The number of hydrogen-bond donors (Lipinski definition) is 3. The lowest BCUT2D eigenvalue weighted by molar-refractivity contribution is 0.229. The third-order valence-electron chi connectivity index (χ3n) is 3.40. The van der Waals surface area contributed by atoms with Crippen LogP contribution in [0, 0.1) is 0 Å². The molecule has 0 radical (unpaired) electrons. The fourth-order valence-corrected chi connectivity index (χ4v) is 3.35. The second-order valence-electron chi connectivity index (χ2n) is 5.60. The van der Waals surface area contributed by atoms with E-state index in [1.54, 1.807) is 48.5 Å². The molecule has 0 aromatic heterocycles. The molecule has 0 saturated carbocycles. The molecule has 0 aliphatic carbocycles. The summed E-state index contributed by atoms with van der Waals surface area (Å²) in [6.45, 7) is 0. The van der Waals surface area contributed by atoms with Crippen molar-refractivity contribution in [2.45, 2.75) is 0 Å². The molecule has 0 aliphatic heterocycles. The average Bonchev–Trinajstić information content (AvgIpc) is 2.67. The standard InChI is InChI=1S/C17H19N5O3S3/c1-21(15(26)13-9-5-3-6-10-13)18-17(23)19-28(24,25)20-22(2)16(27)14-11-7-4-8-12-14/h3-12,20H,1-2H3,(H2,18,19,23). The van der Waals surface area contributed by atoms with Gasteiger partial charge >= 0.3 is 16.2 Å². The van der Waals surface area contributed by atoms with Crippen LogP contribution in [0.1, 0.15) is 11.1 Å². The summed E-state index contributed by atoms with van der Waals surface area (Å²) in [6.07, 6.45) is 0. The zero-order chi connectivity index (χ0) is 20.7. The second kappa shape index (κ2) is 9.55. The van der Waals surface area contributed by atoms with Gasteiger partial charge in [0, 0.05) is 25.2 Å². The van der Waals surface area contributed by atoms with Gasteiger partial charge in [0.15, 0.2) is 0 Å². The zero-order valence-corrected chi connectivity index (χ0v) is 17.6. The van der Waals surface area contributed by atoms with Gasteiger partial charge in [-0.25, -0.2) is 14.9 Å². The van der Waals surface area contributed by atoms with Gasteiger partial charge in [-0.15, -0.1) is 4.83 Å².